The van der Waals surface area contributed by atoms with Gasteiger partial charge in [0.05, 0.1) is 7.11 Å². The average molecular weight is 585 g/mol. The molecule has 4 heteroatoms. The third-order valence-corrected chi connectivity index (χ3v) is 8.98. The molecule has 1 heterocycles. The average Bonchev–Trinajstić information content (AvgIpc) is 2.99. The quantitative estimate of drug-likeness (QED) is 0.290. The number of rotatable bonds is 9. The molecule has 2 aromatic rings. The molecular formula is C39H56N2O2. The van der Waals surface area contributed by atoms with Gasteiger partial charge in [-0.25, -0.2) is 0 Å². The van der Waals surface area contributed by atoms with Gasteiger partial charge in [-0.15, -0.1) is 0 Å². The molecule has 0 radical (unpaired) electrons. The second kappa shape index (κ2) is 17.8. The van der Waals surface area contributed by atoms with E-state index in [-0.39, 0.29) is 17.9 Å². The maximum absolute atomic E-state index is 13.5. The lowest BCUT2D eigenvalue weighted by molar-refractivity contribution is -0.123. The van der Waals surface area contributed by atoms with Crippen LogP contribution in [0.1, 0.15) is 83.3 Å². The highest BCUT2D eigenvalue weighted by Gasteiger charge is 2.24. The van der Waals surface area contributed by atoms with E-state index in [1.165, 1.54) is 29.6 Å². The Morgan fingerprint density at radius 3 is 2.35 bits per heavy atom. The van der Waals surface area contributed by atoms with Crippen molar-refractivity contribution in [1.82, 2.24) is 10.6 Å². The molecule has 4 nitrogen and oxygen atoms in total. The molecule has 1 saturated heterocycles. The molecule has 0 saturated carbocycles. The van der Waals surface area contributed by atoms with Gasteiger partial charge in [-0.3, -0.25) is 4.79 Å². The first-order chi connectivity index (χ1) is 20.6. The maximum Gasteiger partial charge on any atom is 0.242 e. The van der Waals surface area contributed by atoms with Gasteiger partial charge in [0.2, 0.25) is 5.91 Å². The van der Waals surface area contributed by atoms with Crippen molar-refractivity contribution in [3.63, 3.8) is 0 Å². The summed E-state index contributed by atoms with van der Waals surface area (Å²) in [5.41, 5.74) is 6.00. The van der Waals surface area contributed by atoms with E-state index in [4.69, 9.17) is 4.74 Å². The number of amides is 1. The Labute approximate surface area is 262 Å². The van der Waals surface area contributed by atoms with E-state index >= 15 is 0 Å². The van der Waals surface area contributed by atoms with Crippen LogP contribution in [-0.2, 0) is 17.6 Å². The normalized spacial score (nSPS) is 23.1. The van der Waals surface area contributed by atoms with Crippen molar-refractivity contribution in [2.75, 3.05) is 13.7 Å². The predicted molar refractivity (Wildman–Crippen MR) is 182 cm³/mol. The molecule has 3 rings (SSSR count). The fraction of sp³-hybridized carbons (Fsp3) is 0.513. The van der Waals surface area contributed by atoms with Crippen LogP contribution in [0.4, 0.5) is 0 Å². The predicted octanol–water partition coefficient (Wildman–Crippen LogP) is 8.84. The Hall–Kier alpha value is -3.27. The number of carbonyl (C=O) groups excluding carboxylic acids is 1. The van der Waals surface area contributed by atoms with Crippen LogP contribution in [-0.4, -0.2) is 25.6 Å². The van der Waals surface area contributed by atoms with E-state index in [9.17, 15) is 4.79 Å². The van der Waals surface area contributed by atoms with E-state index in [0.29, 0.717) is 30.7 Å². The number of hydrogen-bond donors (Lipinski definition) is 2. The van der Waals surface area contributed by atoms with Crippen molar-refractivity contribution in [3.8, 4) is 5.75 Å². The minimum Gasteiger partial charge on any atom is -0.497 e. The topological polar surface area (TPSA) is 50.4 Å². The molecular weight excluding hydrogens is 528 g/mol. The van der Waals surface area contributed by atoms with Gasteiger partial charge in [-0.1, -0.05) is 94.1 Å². The third kappa shape index (κ3) is 12.1. The molecule has 1 aliphatic rings. The van der Waals surface area contributed by atoms with E-state index in [2.05, 4.69) is 81.5 Å². The summed E-state index contributed by atoms with van der Waals surface area (Å²) in [6.45, 7) is 20.9. The van der Waals surface area contributed by atoms with Gasteiger partial charge >= 0.3 is 0 Å². The standard InChI is InChI=1S/C39H56N2O2/c1-28(2)23-36-25-29(3)31(5)27-40-39(42)38(26-35-19-21-37(43-7)22-20-35)41-32(6)13-11-17-34(24-30(36)4)18-12-16-33-14-9-8-10-15-33/h8-10,14-15,19-22,28,31,34,36,38,41H,3-4,6,11-13,16-18,23-27H2,1-2,5,7H3,(H,40,42). The minimum absolute atomic E-state index is 0.00522. The number of allylic oxidation sites excluding steroid dienone is 2. The van der Waals surface area contributed by atoms with Crippen LogP contribution in [0, 0.1) is 23.7 Å². The Kier molecular flexibility index (Phi) is 14.1. The summed E-state index contributed by atoms with van der Waals surface area (Å²) in [6, 6.07) is 18.4. The summed E-state index contributed by atoms with van der Waals surface area (Å²) in [7, 11) is 1.67. The van der Waals surface area contributed by atoms with Crippen LogP contribution >= 0.6 is 0 Å². The Bertz CT molecular complexity index is 1170. The highest BCUT2D eigenvalue weighted by Crippen LogP contribution is 2.34. The lowest BCUT2D eigenvalue weighted by atomic mass is 9.78. The largest absolute Gasteiger partial charge is 0.497 e. The highest BCUT2D eigenvalue weighted by molar-refractivity contribution is 5.82. The second-order valence-electron chi connectivity index (χ2n) is 13.2. The van der Waals surface area contributed by atoms with E-state index < -0.39 is 0 Å². The van der Waals surface area contributed by atoms with Crippen LogP contribution in [0.2, 0.25) is 0 Å². The van der Waals surface area contributed by atoms with Crippen LogP contribution in [0.5, 0.6) is 5.75 Å². The highest BCUT2D eigenvalue weighted by atomic mass is 16.5. The first kappa shape index (κ1) is 34.2. The third-order valence-electron chi connectivity index (χ3n) is 8.98. The molecule has 0 aromatic heterocycles. The molecule has 1 fully saturated rings. The van der Waals surface area contributed by atoms with Crippen molar-refractivity contribution in [3.05, 3.63) is 102 Å². The number of benzene rings is 2. The lowest BCUT2D eigenvalue weighted by Gasteiger charge is -2.29. The number of hydrogen-bond acceptors (Lipinski definition) is 3. The molecule has 4 unspecified atom stereocenters. The zero-order valence-corrected chi connectivity index (χ0v) is 27.3. The molecule has 1 amide bonds. The van der Waals surface area contributed by atoms with Crippen LogP contribution in [0.25, 0.3) is 0 Å². The molecule has 2 N–H and O–H groups in total. The number of methoxy groups -OCH3 is 1. The van der Waals surface area contributed by atoms with Gasteiger partial charge in [0.25, 0.3) is 0 Å². The zero-order valence-electron chi connectivity index (χ0n) is 27.3. The molecule has 0 bridgehead atoms. The smallest absolute Gasteiger partial charge is 0.242 e. The number of nitrogens with one attached hydrogen (secondary N) is 2. The van der Waals surface area contributed by atoms with Crippen molar-refractivity contribution in [2.24, 2.45) is 23.7 Å². The summed E-state index contributed by atoms with van der Waals surface area (Å²) >= 11 is 0. The molecule has 1 aliphatic heterocycles. The fourth-order valence-corrected chi connectivity index (χ4v) is 6.26. The van der Waals surface area contributed by atoms with Gasteiger partial charge in [-0.2, -0.15) is 0 Å². The van der Waals surface area contributed by atoms with Gasteiger partial charge in [0, 0.05) is 18.7 Å². The number of ether oxygens (including phenoxy) is 1. The number of aryl methyl sites for hydroxylation is 1. The molecule has 0 aliphatic carbocycles. The summed E-state index contributed by atoms with van der Waals surface area (Å²) in [5, 5.41) is 6.71. The van der Waals surface area contributed by atoms with E-state index in [1.54, 1.807) is 7.11 Å². The molecule has 0 spiro atoms. The van der Waals surface area contributed by atoms with Gasteiger partial charge < -0.3 is 15.4 Å². The second-order valence-corrected chi connectivity index (χ2v) is 13.2. The molecule has 4 atom stereocenters. The van der Waals surface area contributed by atoms with Crippen molar-refractivity contribution < 1.29 is 9.53 Å². The molecule has 2 aromatic carbocycles. The summed E-state index contributed by atoms with van der Waals surface area (Å²) in [6.07, 6.45) is 10.3. The van der Waals surface area contributed by atoms with Gasteiger partial charge in [-0.05, 0) is 105 Å². The van der Waals surface area contributed by atoms with Crippen molar-refractivity contribution in [1.29, 1.82) is 0 Å². The summed E-state index contributed by atoms with van der Waals surface area (Å²) < 4.78 is 5.32. The fourth-order valence-electron chi connectivity index (χ4n) is 6.26. The zero-order chi connectivity index (χ0) is 31.2. The van der Waals surface area contributed by atoms with E-state index in [1.807, 2.05) is 24.3 Å². The first-order valence-electron chi connectivity index (χ1n) is 16.4. The van der Waals surface area contributed by atoms with Crippen LogP contribution in [0.3, 0.4) is 0 Å². The lowest BCUT2D eigenvalue weighted by Crippen LogP contribution is -2.46. The summed E-state index contributed by atoms with van der Waals surface area (Å²) in [4.78, 5) is 13.5. The molecule has 43 heavy (non-hydrogen) atoms. The van der Waals surface area contributed by atoms with Crippen LogP contribution < -0.4 is 15.4 Å². The Morgan fingerprint density at radius 2 is 1.67 bits per heavy atom. The SMILES string of the molecule is C=C1CCCC(CCCc2ccccc2)CC(=C)C(CC(C)C)CC(=C)C(C)CNC(=O)C(Cc2ccc(OC)cc2)N1. The summed E-state index contributed by atoms with van der Waals surface area (Å²) in [5.74, 6) is 2.62. The Balaban J connectivity index is 1.76. The Morgan fingerprint density at radius 1 is 0.953 bits per heavy atom. The van der Waals surface area contributed by atoms with Crippen LogP contribution in [0.15, 0.2) is 91.2 Å². The van der Waals surface area contributed by atoms with E-state index in [0.717, 1.165) is 62.0 Å². The van der Waals surface area contributed by atoms with Gasteiger partial charge in [0.1, 0.15) is 11.8 Å². The van der Waals surface area contributed by atoms with Crippen molar-refractivity contribution in [2.45, 2.75) is 91.0 Å². The minimum atomic E-state index is -0.385. The maximum atomic E-state index is 13.5. The number of carbonyl (C=O) groups is 1. The van der Waals surface area contributed by atoms with Gasteiger partial charge in [0.15, 0.2) is 0 Å². The monoisotopic (exact) mass is 584 g/mol. The molecule has 234 valence electrons. The van der Waals surface area contributed by atoms with Crippen molar-refractivity contribution >= 4 is 5.91 Å². The first-order valence-corrected chi connectivity index (χ1v) is 16.4.